The van der Waals surface area contributed by atoms with Crippen molar-refractivity contribution < 1.29 is 18.8 Å². The van der Waals surface area contributed by atoms with Crippen molar-refractivity contribution >= 4 is 28.9 Å². The third-order valence-electron chi connectivity index (χ3n) is 4.97. The van der Waals surface area contributed by atoms with Crippen LogP contribution < -0.4 is 10.1 Å². The van der Waals surface area contributed by atoms with Gasteiger partial charge in [-0.3, -0.25) is 19.8 Å². The zero-order valence-corrected chi connectivity index (χ0v) is 16.6. The topological polar surface area (TPSA) is 84.7 Å². The summed E-state index contributed by atoms with van der Waals surface area (Å²) in [5.41, 5.74) is 0.525. The first-order valence-corrected chi connectivity index (χ1v) is 9.55. The van der Waals surface area contributed by atoms with Gasteiger partial charge >= 0.3 is 0 Å². The number of hydrogen-bond acceptors (Lipinski definition) is 5. The van der Waals surface area contributed by atoms with Crippen LogP contribution in [0.25, 0.3) is 0 Å². The van der Waals surface area contributed by atoms with Crippen LogP contribution >= 0.6 is 11.6 Å². The molecule has 0 bridgehead atoms. The lowest BCUT2D eigenvalue weighted by molar-refractivity contribution is -0.384. The number of non-ortho nitro benzene ring substituents is 1. The second kappa shape index (κ2) is 9.19. The summed E-state index contributed by atoms with van der Waals surface area (Å²) < 4.78 is 19.3. The molecule has 1 N–H and O–H groups in total. The number of ether oxygens (including phenoxy) is 1. The van der Waals surface area contributed by atoms with E-state index < -0.39 is 4.92 Å². The lowest BCUT2D eigenvalue weighted by atomic mass is 9.96. The molecule has 1 heterocycles. The zero-order chi connectivity index (χ0) is 21.0. The Bertz CT molecular complexity index is 904. The number of amides is 1. The van der Waals surface area contributed by atoms with Gasteiger partial charge in [-0.05, 0) is 37.6 Å². The Morgan fingerprint density at radius 1 is 1.41 bits per heavy atom. The molecular formula is C20H21ClFN3O4. The Hall–Kier alpha value is -2.71. The summed E-state index contributed by atoms with van der Waals surface area (Å²) in [6, 6.07) is 8.60. The molecule has 0 aromatic heterocycles. The van der Waals surface area contributed by atoms with E-state index in [2.05, 4.69) is 5.32 Å². The minimum absolute atomic E-state index is 0.138. The van der Waals surface area contributed by atoms with E-state index in [-0.39, 0.29) is 29.0 Å². The maximum Gasteiger partial charge on any atom is 0.271 e. The monoisotopic (exact) mass is 421 g/mol. The maximum atomic E-state index is 14.1. The molecule has 29 heavy (non-hydrogen) atoms. The van der Waals surface area contributed by atoms with E-state index in [1.165, 1.54) is 31.4 Å². The molecule has 2 aromatic carbocycles. The van der Waals surface area contributed by atoms with Crippen molar-refractivity contribution in [3.63, 3.8) is 0 Å². The molecule has 2 aromatic rings. The molecule has 3 rings (SSSR count). The Morgan fingerprint density at radius 2 is 2.21 bits per heavy atom. The maximum absolute atomic E-state index is 14.1. The molecule has 154 valence electrons. The van der Waals surface area contributed by atoms with Crippen LogP contribution in [-0.4, -0.2) is 35.9 Å². The normalized spacial score (nSPS) is 17.0. The summed E-state index contributed by atoms with van der Waals surface area (Å²) in [7, 11) is 1.43. The third-order valence-corrected chi connectivity index (χ3v) is 5.33. The highest BCUT2D eigenvalue weighted by molar-refractivity contribution is 6.31. The van der Waals surface area contributed by atoms with Gasteiger partial charge < -0.3 is 10.1 Å². The smallest absolute Gasteiger partial charge is 0.271 e. The van der Waals surface area contributed by atoms with E-state index in [0.29, 0.717) is 35.8 Å². The fourth-order valence-electron chi connectivity index (χ4n) is 3.46. The van der Waals surface area contributed by atoms with Crippen LogP contribution in [0.3, 0.4) is 0 Å². The molecule has 7 nitrogen and oxygen atoms in total. The average molecular weight is 422 g/mol. The van der Waals surface area contributed by atoms with Gasteiger partial charge in [0, 0.05) is 35.8 Å². The quantitative estimate of drug-likeness (QED) is 0.556. The van der Waals surface area contributed by atoms with E-state index in [1.54, 1.807) is 12.1 Å². The van der Waals surface area contributed by atoms with Crippen molar-refractivity contribution in [3.8, 4) is 5.75 Å². The average Bonchev–Trinajstić information content (AvgIpc) is 2.71. The van der Waals surface area contributed by atoms with Crippen molar-refractivity contribution in [2.24, 2.45) is 5.92 Å². The molecule has 0 saturated carbocycles. The number of methoxy groups -OCH3 is 1. The summed E-state index contributed by atoms with van der Waals surface area (Å²) in [4.78, 5) is 25.3. The Morgan fingerprint density at radius 3 is 2.90 bits per heavy atom. The van der Waals surface area contributed by atoms with Gasteiger partial charge in [0.2, 0.25) is 5.91 Å². The van der Waals surface area contributed by atoms with Crippen LogP contribution in [0, 0.1) is 21.8 Å². The molecule has 1 amide bonds. The standard InChI is InChI=1S/C20H21ClFN3O4/c1-29-19-8-7-14(25(27)28)10-18(19)23-20(26)13-4-3-9-24(11-13)12-15-16(21)5-2-6-17(15)22/h2,5-8,10,13H,3-4,9,11-12H2,1H3,(H,23,26). The van der Waals surface area contributed by atoms with E-state index in [9.17, 15) is 19.3 Å². The second-order valence-corrected chi connectivity index (χ2v) is 7.31. The van der Waals surface area contributed by atoms with Crippen LogP contribution in [0.4, 0.5) is 15.8 Å². The van der Waals surface area contributed by atoms with Gasteiger partial charge in [0.15, 0.2) is 0 Å². The van der Waals surface area contributed by atoms with Crippen molar-refractivity contribution in [3.05, 3.63) is 62.9 Å². The van der Waals surface area contributed by atoms with E-state index >= 15 is 0 Å². The lowest BCUT2D eigenvalue weighted by Gasteiger charge is -2.32. The first-order chi connectivity index (χ1) is 13.9. The number of rotatable bonds is 6. The fraction of sp³-hybridized carbons (Fsp3) is 0.350. The number of hydrogen-bond donors (Lipinski definition) is 1. The number of piperidine rings is 1. The summed E-state index contributed by atoms with van der Waals surface area (Å²) in [5, 5.41) is 14.1. The van der Waals surface area contributed by atoms with Crippen LogP contribution in [0.5, 0.6) is 5.75 Å². The van der Waals surface area contributed by atoms with Gasteiger partial charge in [0.1, 0.15) is 11.6 Å². The van der Waals surface area contributed by atoms with Crippen LogP contribution in [0.2, 0.25) is 5.02 Å². The largest absolute Gasteiger partial charge is 0.495 e. The van der Waals surface area contributed by atoms with Crippen molar-refractivity contribution in [2.75, 3.05) is 25.5 Å². The van der Waals surface area contributed by atoms with Crippen LogP contribution in [-0.2, 0) is 11.3 Å². The number of carbonyl (C=O) groups is 1. The predicted octanol–water partition coefficient (Wildman–Crippen LogP) is 4.25. The first kappa shape index (κ1) is 21.0. The van der Waals surface area contributed by atoms with Crippen LogP contribution in [0.1, 0.15) is 18.4 Å². The molecule has 1 aliphatic rings. The van der Waals surface area contributed by atoms with Crippen molar-refractivity contribution in [2.45, 2.75) is 19.4 Å². The highest BCUT2D eigenvalue weighted by Crippen LogP contribution is 2.30. The van der Waals surface area contributed by atoms with Gasteiger partial charge in [-0.2, -0.15) is 0 Å². The molecule has 0 spiro atoms. The summed E-state index contributed by atoms with van der Waals surface area (Å²) in [6.07, 6.45) is 1.45. The molecule has 9 heteroatoms. The number of likely N-dealkylation sites (tertiary alicyclic amines) is 1. The zero-order valence-electron chi connectivity index (χ0n) is 15.9. The number of halogens is 2. The molecular weight excluding hydrogens is 401 g/mol. The highest BCUT2D eigenvalue weighted by atomic mass is 35.5. The molecule has 1 saturated heterocycles. The third kappa shape index (κ3) is 5.02. The van der Waals surface area contributed by atoms with Crippen molar-refractivity contribution in [1.82, 2.24) is 4.90 Å². The minimum atomic E-state index is -0.532. The first-order valence-electron chi connectivity index (χ1n) is 9.17. The number of anilines is 1. The molecule has 0 radical (unpaired) electrons. The molecule has 1 unspecified atom stereocenters. The Labute approximate surface area is 172 Å². The summed E-state index contributed by atoms with van der Waals surface area (Å²) in [6.45, 7) is 1.48. The Kier molecular flexibility index (Phi) is 6.66. The number of nitrogens with zero attached hydrogens (tertiary/aromatic N) is 2. The molecule has 0 aliphatic carbocycles. The molecule has 1 aliphatic heterocycles. The number of carbonyl (C=O) groups excluding carboxylic acids is 1. The number of nitro groups is 1. The number of nitrogens with one attached hydrogen (secondary N) is 1. The van der Waals surface area contributed by atoms with Gasteiger partial charge in [0.25, 0.3) is 5.69 Å². The van der Waals surface area contributed by atoms with Gasteiger partial charge in [-0.1, -0.05) is 17.7 Å². The predicted molar refractivity (Wildman–Crippen MR) is 108 cm³/mol. The number of nitro benzene ring substituents is 1. The van der Waals surface area contributed by atoms with Gasteiger partial charge in [0.05, 0.1) is 23.6 Å². The second-order valence-electron chi connectivity index (χ2n) is 6.91. The number of benzene rings is 2. The van der Waals surface area contributed by atoms with E-state index in [0.717, 1.165) is 13.0 Å². The van der Waals surface area contributed by atoms with Gasteiger partial charge in [-0.15, -0.1) is 0 Å². The van der Waals surface area contributed by atoms with E-state index in [1.807, 2.05) is 4.90 Å². The lowest BCUT2D eigenvalue weighted by Crippen LogP contribution is -2.40. The molecule has 1 atom stereocenters. The van der Waals surface area contributed by atoms with Gasteiger partial charge in [-0.25, -0.2) is 4.39 Å². The summed E-state index contributed by atoms with van der Waals surface area (Å²) in [5.74, 6) is -0.619. The van der Waals surface area contributed by atoms with E-state index in [4.69, 9.17) is 16.3 Å². The summed E-state index contributed by atoms with van der Waals surface area (Å²) >= 11 is 6.11. The van der Waals surface area contributed by atoms with Crippen molar-refractivity contribution in [1.29, 1.82) is 0 Å². The fourth-order valence-corrected chi connectivity index (χ4v) is 3.68. The molecule has 1 fully saturated rings. The highest BCUT2D eigenvalue weighted by Gasteiger charge is 2.27. The minimum Gasteiger partial charge on any atom is -0.495 e. The van der Waals surface area contributed by atoms with Crippen LogP contribution in [0.15, 0.2) is 36.4 Å². The SMILES string of the molecule is COc1ccc([N+](=O)[O-])cc1NC(=O)C1CCCN(Cc2c(F)cccc2Cl)C1. The Balaban J connectivity index is 1.70.